The van der Waals surface area contributed by atoms with E-state index in [1.54, 1.807) is 37.0 Å². The summed E-state index contributed by atoms with van der Waals surface area (Å²) in [6.45, 7) is 4.70. The predicted molar refractivity (Wildman–Crippen MR) is 135 cm³/mol. The summed E-state index contributed by atoms with van der Waals surface area (Å²) in [6, 6.07) is 7.98. The number of carbonyl (C=O) groups is 1. The molecule has 0 radical (unpaired) electrons. The van der Waals surface area contributed by atoms with Crippen LogP contribution in [0.2, 0.25) is 0 Å². The number of aromatic amines is 1. The minimum absolute atomic E-state index is 0.162. The molecule has 2 aromatic rings. The number of ether oxygens (including phenoxy) is 2. The van der Waals surface area contributed by atoms with Crippen LogP contribution in [0, 0.1) is 11.7 Å². The van der Waals surface area contributed by atoms with Crippen molar-refractivity contribution in [3.05, 3.63) is 63.2 Å². The maximum absolute atomic E-state index is 14.2. The highest BCUT2D eigenvalue weighted by Gasteiger charge is 2.58. The van der Waals surface area contributed by atoms with Gasteiger partial charge in [-0.25, -0.2) is 13.8 Å². The number of benzene rings is 1. The molecule has 216 valence electrons. The number of H-pyrrole nitrogens is 1. The molecule has 1 aromatic carbocycles. The van der Waals surface area contributed by atoms with Crippen molar-refractivity contribution in [1.29, 1.82) is 0 Å². The number of nitrogens with two attached hydrogens (primary N) is 1. The molecule has 3 rings (SSSR count). The number of aliphatic hydroxyl groups is 1. The first-order valence-electron chi connectivity index (χ1n) is 12.1. The first-order chi connectivity index (χ1) is 18.2. The van der Waals surface area contributed by atoms with Crippen molar-refractivity contribution < 1.29 is 41.8 Å². The molecule has 39 heavy (non-hydrogen) atoms. The number of para-hydroxylation sites is 1. The average Bonchev–Trinajstić information content (AvgIpc) is 3.12. The number of alkyl halides is 1. The van der Waals surface area contributed by atoms with Crippen LogP contribution in [0.4, 0.5) is 8.78 Å². The topological polar surface area (TPSA) is 172 Å². The lowest BCUT2D eigenvalue weighted by atomic mass is 9.91. The van der Waals surface area contributed by atoms with Crippen LogP contribution < -0.4 is 21.5 Å². The maximum atomic E-state index is 14.2. The van der Waals surface area contributed by atoms with Gasteiger partial charge in [0.05, 0.1) is 30.5 Å². The van der Waals surface area contributed by atoms with Gasteiger partial charge in [-0.1, -0.05) is 25.1 Å². The minimum atomic E-state index is -4.20. The molecule has 0 amide bonds. The molecule has 15 heteroatoms. The van der Waals surface area contributed by atoms with Crippen LogP contribution in [-0.2, 0) is 23.4 Å². The number of nitrogens with one attached hydrogen (secondary N) is 1. The van der Waals surface area contributed by atoms with E-state index < -0.39 is 85.6 Å². The van der Waals surface area contributed by atoms with E-state index in [9.17, 15) is 32.8 Å². The molecule has 4 N–H and O–H groups in total. The van der Waals surface area contributed by atoms with Gasteiger partial charge >= 0.3 is 19.3 Å². The van der Waals surface area contributed by atoms with Crippen molar-refractivity contribution in [3.63, 3.8) is 0 Å². The monoisotopic (exact) mass is 575 g/mol. The smallest absolute Gasteiger partial charge is 0.380 e. The molecule has 1 fully saturated rings. The number of hydrogen-bond donors (Lipinski definition) is 3. The van der Waals surface area contributed by atoms with E-state index in [1.165, 1.54) is 26.0 Å². The molecular formula is C24H32F2N3O9P. The largest absolute Gasteiger partial charge is 0.463 e. The zero-order chi connectivity index (χ0) is 29.1. The van der Waals surface area contributed by atoms with Crippen molar-refractivity contribution >= 4 is 13.6 Å². The lowest BCUT2D eigenvalue weighted by molar-refractivity contribution is -0.151. The normalized spacial score (nSPS) is 26.1. The lowest BCUT2D eigenvalue weighted by Crippen LogP contribution is -2.58. The second-order valence-corrected chi connectivity index (χ2v) is 11.7. The van der Waals surface area contributed by atoms with Gasteiger partial charge < -0.3 is 24.8 Å². The molecule has 0 aliphatic carbocycles. The zero-order valence-corrected chi connectivity index (χ0v) is 22.7. The molecular weight excluding hydrogens is 543 g/mol. The average molecular weight is 576 g/mol. The van der Waals surface area contributed by atoms with E-state index in [-0.39, 0.29) is 5.75 Å². The predicted octanol–water partition coefficient (Wildman–Crippen LogP) is 1.87. The summed E-state index contributed by atoms with van der Waals surface area (Å²) in [5.74, 6) is -2.79. The zero-order valence-electron chi connectivity index (χ0n) is 21.8. The van der Waals surface area contributed by atoms with Crippen molar-refractivity contribution in [1.82, 2.24) is 9.55 Å². The number of nitrogens with zero attached hydrogens (tertiary/aromatic N) is 1. The third kappa shape index (κ3) is 6.82. The van der Waals surface area contributed by atoms with Crippen LogP contribution >= 0.6 is 7.60 Å². The van der Waals surface area contributed by atoms with Gasteiger partial charge in [0.2, 0.25) is 5.82 Å². The number of hydrogen-bond acceptors (Lipinski definition) is 10. The van der Waals surface area contributed by atoms with E-state index in [0.717, 1.165) is 0 Å². The summed E-state index contributed by atoms with van der Waals surface area (Å²) >= 11 is 0. The molecule has 1 aromatic heterocycles. The van der Waals surface area contributed by atoms with Gasteiger partial charge in [0.1, 0.15) is 30.2 Å². The summed E-state index contributed by atoms with van der Waals surface area (Å²) in [6.07, 6.45) is -6.80. The van der Waals surface area contributed by atoms with Crippen LogP contribution in [-0.4, -0.2) is 63.4 Å². The first kappa shape index (κ1) is 30.6. The number of esters is 1. The number of aliphatic hydroxyl groups excluding tert-OH is 1. The Morgan fingerprint density at radius 3 is 2.49 bits per heavy atom. The fraction of sp³-hybridized carbons (Fsp3) is 0.542. The Hall–Kier alpha value is -2.90. The van der Waals surface area contributed by atoms with Crippen molar-refractivity contribution in [2.45, 2.75) is 63.9 Å². The van der Waals surface area contributed by atoms with Crippen molar-refractivity contribution in [2.75, 3.05) is 12.8 Å². The maximum Gasteiger partial charge on any atom is 0.380 e. The first-order valence-corrected chi connectivity index (χ1v) is 13.9. The van der Waals surface area contributed by atoms with Gasteiger partial charge in [-0.3, -0.25) is 23.7 Å². The van der Waals surface area contributed by atoms with Gasteiger partial charge in [-0.15, -0.1) is 0 Å². The van der Waals surface area contributed by atoms with Crippen LogP contribution in [0.1, 0.15) is 33.9 Å². The Morgan fingerprint density at radius 2 is 1.90 bits per heavy atom. The third-order valence-electron chi connectivity index (χ3n) is 6.04. The minimum Gasteiger partial charge on any atom is -0.463 e. The molecule has 1 aliphatic rings. The highest BCUT2D eigenvalue weighted by atomic mass is 31.2. The number of aromatic nitrogens is 2. The van der Waals surface area contributed by atoms with Crippen molar-refractivity contribution in [2.24, 2.45) is 11.7 Å². The van der Waals surface area contributed by atoms with Crippen LogP contribution in [0.5, 0.6) is 5.75 Å². The molecule has 12 nitrogen and oxygen atoms in total. The third-order valence-corrected chi connectivity index (χ3v) is 8.18. The molecule has 1 unspecified atom stereocenters. The van der Waals surface area contributed by atoms with Crippen LogP contribution in [0.15, 0.2) is 46.1 Å². The van der Waals surface area contributed by atoms with E-state index in [1.807, 2.05) is 0 Å². The number of halogens is 2. The van der Waals surface area contributed by atoms with E-state index in [4.69, 9.17) is 24.3 Å². The molecule has 1 saturated heterocycles. The van der Waals surface area contributed by atoms with E-state index in [2.05, 4.69) is 0 Å². The fourth-order valence-electron chi connectivity index (χ4n) is 4.09. The molecule has 0 bridgehead atoms. The molecule has 1 aliphatic heterocycles. The fourth-order valence-corrected chi connectivity index (χ4v) is 6.18. The molecule has 2 heterocycles. The van der Waals surface area contributed by atoms with Gasteiger partial charge in [-0.05, 0) is 32.9 Å². The molecule has 0 saturated carbocycles. The lowest BCUT2D eigenvalue weighted by Gasteiger charge is -2.31. The SMILES string of the molecule is CC(C)OC(=O)[C@H](C)C[P@@](=O)(Oc1ccccc1)O[C@H](C)[C@H]1O[C@@H](n2cc(F)c(=O)[nH]c2=O)C(N)(CF)[C@H]1O. The summed E-state index contributed by atoms with van der Waals surface area (Å²) in [7, 11) is -4.20. The van der Waals surface area contributed by atoms with Gasteiger partial charge in [-0.2, -0.15) is 4.39 Å². The van der Waals surface area contributed by atoms with Crippen LogP contribution in [0.25, 0.3) is 0 Å². The second kappa shape index (κ2) is 12.1. The highest BCUT2D eigenvalue weighted by molar-refractivity contribution is 7.54. The highest BCUT2D eigenvalue weighted by Crippen LogP contribution is 2.52. The Kier molecular flexibility index (Phi) is 9.50. The quantitative estimate of drug-likeness (QED) is 0.265. The summed E-state index contributed by atoms with van der Waals surface area (Å²) in [4.78, 5) is 37.9. The summed E-state index contributed by atoms with van der Waals surface area (Å²) < 4.78 is 64.9. The van der Waals surface area contributed by atoms with E-state index in [0.29, 0.717) is 10.8 Å². The Labute approximate surface area is 222 Å². The Bertz CT molecular complexity index is 1320. The molecule has 0 spiro atoms. The van der Waals surface area contributed by atoms with E-state index >= 15 is 0 Å². The number of carbonyl (C=O) groups excluding carboxylic acids is 1. The second-order valence-electron chi connectivity index (χ2n) is 9.68. The summed E-state index contributed by atoms with van der Waals surface area (Å²) in [5, 5.41) is 10.9. The molecule has 7 atom stereocenters. The van der Waals surface area contributed by atoms with Crippen molar-refractivity contribution in [3.8, 4) is 5.75 Å². The Balaban J connectivity index is 1.91. The number of rotatable bonds is 11. The van der Waals surface area contributed by atoms with Gasteiger partial charge in [0.25, 0.3) is 5.56 Å². The standard InChI is InChI=1S/C24H32F2N3O9P/c1-13(2)35-21(32)14(3)11-39(34,38-16-8-6-5-7-9-16)37-15(4)18-19(30)24(27,12-25)22(36-18)29-10-17(26)20(31)28-23(29)33/h5-10,13-15,18-19,22,30H,11-12,27H2,1-4H3,(H,28,31,33)/t14-,15-,18-,19+,22-,24?,39+/m1/s1. The summed E-state index contributed by atoms with van der Waals surface area (Å²) in [5.41, 5.74) is 1.32. The van der Waals surface area contributed by atoms with Crippen LogP contribution in [0.3, 0.4) is 0 Å². The Morgan fingerprint density at radius 1 is 1.26 bits per heavy atom. The van der Waals surface area contributed by atoms with Gasteiger partial charge in [0.15, 0.2) is 6.23 Å². The van der Waals surface area contributed by atoms with Gasteiger partial charge in [0, 0.05) is 0 Å².